The Balaban J connectivity index is 1.71. The minimum atomic E-state index is -0.764. The van der Waals surface area contributed by atoms with Gasteiger partial charge in [0.2, 0.25) is 0 Å². The van der Waals surface area contributed by atoms with Crippen LogP contribution in [0.25, 0.3) is 11.8 Å². The van der Waals surface area contributed by atoms with Crippen molar-refractivity contribution in [3.63, 3.8) is 0 Å². The van der Waals surface area contributed by atoms with Crippen LogP contribution in [0, 0.1) is 20.8 Å². The summed E-state index contributed by atoms with van der Waals surface area (Å²) in [6.07, 6.45) is 2.99. The Morgan fingerprint density at radius 1 is 1.10 bits per heavy atom. The summed E-state index contributed by atoms with van der Waals surface area (Å²) >= 11 is 3.52. The van der Waals surface area contributed by atoms with Gasteiger partial charge in [-0.2, -0.15) is 0 Å². The first-order valence-corrected chi connectivity index (χ1v) is 10.4. The minimum Gasteiger partial charge on any atom is -0.467 e. The van der Waals surface area contributed by atoms with Crippen molar-refractivity contribution < 1.29 is 18.8 Å². The number of aryl methyl sites for hydroxylation is 2. The highest BCUT2D eigenvalue weighted by atomic mass is 79.9. The number of amides is 4. The molecular formula is C23H20BrN3O4. The zero-order chi connectivity index (χ0) is 22.3. The number of imide groups is 2. The van der Waals surface area contributed by atoms with E-state index in [4.69, 9.17) is 4.42 Å². The van der Waals surface area contributed by atoms with Crippen LogP contribution in [-0.2, 0) is 16.1 Å². The predicted octanol–water partition coefficient (Wildman–Crippen LogP) is 4.42. The van der Waals surface area contributed by atoms with Crippen LogP contribution < -0.4 is 5.32 Å². The maximum Gasteiger partial charge on any atom is 0.331 e. The smallest absolute Gasteiger partial charge is 0.331 e. The highest BCUT2D eigenvalue weighted by molar-refractivity contribution is 9.10. The molecule has 7 nitrogen and oxygen atoms in total. The predicted molar refractivity (Wildman–Crippen MR) is 118 cm³/mol. The van der Waals surface area contributed by atoms with E-state index in [1.165, 1.54) is 12.3 Å². The van der Waals surface area contributed by atoms with Crippen molar-refractivity contribution in [1.29, 1.82) is 0 Å². The number of hydrogen-bond donors (Lipinski definition) is 1. The van der Waals surface area contributed by atoms with E-state index in [9.17, 15) is 14.4 Å². The number of halogens is 1. The summed E-state index contributed by atoms with van der Waals surface area (Å²) < 4.78 is 8.31. The third kappa shape index (κ3) is 3.86. The lowest BCUT2D eigenvalue weighted by Crippen LogP contribution is -2.53. The lowest BCUT2D eigenvalue weighted by Gasteiger charge is -2.25. The molecule has 1 aliphatic heterocycles. The van der Waals surface area contributed by atoms with Crippen LogP contribution in [0.5, 0.6) is 0 Å². The summed E-state index contributed by atoms with van der Waals surface area (Å²) in [6, 6.07) is 10.5. The maximum absolute atomic E-state index is 13.0. The molecule has 31 heavy (non-hydrogen) atoms. The molecule has 0 saturated carbocycles. The van der Waals surface area contributed by atoms with Gasteiger partial charge >= 0.3 is 6.03 Å². The second-order valence-corrected chi connectivity index (χ2v) is 8.24. The Kier molecular flexibility index (Phi) is 5.41. The van der Waals surface area contributed by atoms with Crippen molar-refractivity contribution in [1.82, 2.24) is 14.8 Å². The lowest BCUT2D eigenvalue weighted by atomic mass is 10.1. The number of nitrogens with zero attached hydrogens (tertiary/aromatic N) is 2. The number of rotatable bonds is 4. The van der Waals surface area contributed by atoms with Gasteiger partial charge in [-0.3, -0.25) is 19.8 Å². The van der Waals surface area contributed by atoms with E-state index >= 15 is 0 Å². The first-order valence-electron chi connectivity index (χ1n) is 9.63. The molecular weight excluding hydrogens is 462 g/mol. The summed E-state index contributed by atoms with van der Waals surface area (Å²) in [6.45, 7) is 5.84. The lowest BCUT2D eigenvalue weighted by molar-refractivity contribution is -0.130. The molecule has 1 saturated heterocycles. The molecule has 4 rings (SSSR count). The number of carbonyl (C=O) groups is 3. The van der Waals surface area contributed by atoms with E-state index < -0.39 is 17.8 Å². The molecule has 8 heteroatoms. The zero-order valence-electron chi connectivity index (χ0n) is 17.2. The number of carbonyl (C=O) groups excluding carboxylic acids is 3. The monoisotopic (exact) mass is 481 g/mol. The molecule has 4 amide bonds. The molecule has 3 aromatic rings. The Labute approximate surface area is 187 Å². The first-order chi connectivity index (χ1) is 14.8. The van der Waals surface area contributed by atoms with E-state index in [0.29, 0.717) is 5.76 Å². The molecule has 0 unspecified atom stereocenters. The second-order valence-electron chi connectivity index (χ2n) is 7.38. The average Bonchev–Trinajstić information content (AvgIpc) is 3.32. The zero-order valence-corrected chi connectivity index (χ0v) is 18.8. The van der Waals surface area contributed by atoms with Crippen LogP contribution in [0.2, 0.25) is 0 Å². The normalized spacial score (nSPS) is 15.7. The minimum absolute atomic E-state index is 0.0561. The molecule has 0 radical (unpaired) electrons. The molecule has 0 atom stereocenters. The maximum atomic E-state index is 13.0. The number of urea groups is 1. The summed E-state index contributed by atoms with van der Waals surface area (Å²) in [4.78, 5) is 38.6. The van der Waals surface area contributed by atoms with Gasteiger partial charge in [-0.25, -0.2) is 4.79 Å². The molecule has 0 aliphatic carbocycles. The van der Waals surface area contributed by atoms with Gasteiger partial charge in [0.15, 0.2) is 0 Å². The van der Waals surface area contributed by atoms with Gasteiger partial charge in [0.25, 0.3) is 11.8 Å². The molecule has 1 N–H and O–H groups in total. The van der Waals surface area contributed by atoms with E-state index in [1.54, 1.807) is 12.1 Å². The Hall–Kier alpha value is -3.39. The number of furan rings is 1. The molecule has 1 aromatic carbocycles. The third-order valence-electron chi connectivity index (χ3n) is 5.25. The van der Waals surface area contributed by atoms with Crippen LogP contribution >= 0.6 is 15.9 Å². The number of nitrogens with one attached hydrogen (secondary N) is 1. The third-order valence-corrected chi connectivity index (χ3v) is 6.14. The topological polar surface area (TPSA) is 84.6 Å². The quantitative estimate of drug-likeness (QED) is 0.441. The molecule has 3 heterocycles. The average molecular weight is 482 g/mol. The van der Waals surface area contributed by atoms with Crippen molar-refractivity contribution in [2.75, 3.05) is 0 Å². The van der Waals surface area contributed by atoms with E-state index in [2.05, 4.69) is 31.9 Å². The van der Waals surface area contributed by atoms with Crippen LogP contribution in [0.3, 0.4) is 0 Å². The van der Waals surface area contributed by atoms with E-state index in [-0.39, 0.29) is 12.1 Å². The van der Waals surface area contributed by atoms with Gasteiger partial charge < -0.3 is 8.98 Å². The van der Waals surface area contributed by atoms with Gasteiger partial charge in [-0.1, -0.05) is 15.9 Å². The van der Waals surface area contributed by atoms with Crippen LogP contribution in [0.4, 0.5) is 4.79 Å². The fourth-order valence-corrected chi connectivity index (χ4v) is 3.90. The summed E-state index contributed by atoms with van der Waals surface area (Å²) in [5, 5.41) is 2.23. The van der Waals surface area contributed by atoms with E-state index in [1.807, 2.05) is 39.0 Å². The second kappa shape index (κ2) is 8.03. The van der Waals surface area contributed by atoms with Gasteiger partial charge in [0.1, 0.15) is 11.3 Å². The van der Waals surface area contributed by atoms with Gasteiger partial charge in [-0.05, 0) is 74.4 Å². The van der Waals surface area contributed by atoms with Gasteiger partial charge in [0, 0.05) is 21.5 Å². The Morgan fingerprint density at radius 2 is 1.87 bits per heavy atom. The molecule has 1 fully saturated rings. The molecule has 0 spiro atoms. The highest BCUT2D eigenvalue weighted by Crippen LogP contribution is 2.27. The molecule has 2 aromatic heterocycles. The molecule has 0 bridgehead atoms. The fraction of sp³-hybridized carbons (Fsp3) is 0.174. The van der Waals surface area contributed by atoms with Crippen molar-refractivity contribution >= 4 is 39.9 Å². The summed E-state index contributed by atoms with van der Waals surface area (Å²) in [5.41, 5.74) is 4.54. The Bertz CT molecular complexity index is 1240. The summed E-state index contributed by atoms with van der Waals surface area (Å²) in [7, 11) is 0. The largest absolute Gasteiger partial charge is 0.467 e. The number of hydrogen-bond acceptors (Lipinski definition) is 4. The number of barbiturate groups is 1. The van der Waals surface area contributed by atoms with E-state index in [0.717, 1.165) is 37.6 Å². The molecule has 1 aliphatic rings. The van der Waals surface area contributed by atoms with Crippen LogP contribution in [0.15, 0.2) is 57.1 Å². The van der Waals surface area contributed by atoms with Crippen molar-refractivity contribution in [2.45, 2.75) is 27.3 Å². The highest BCUT2D eigenvalue weighted by Gasteiger charge is 2.36. The van der Waals surface area contributed by atoms with Gasteiger partial charge in [-0.15, -0.1) is 0 Å². The summed E-state index contributed by atoms with van der Waals surface area (Å²) in [5.74, 6) is -0.926. The number of aromatic nitrogens is 1. The van der Waals surface area contributed by atoms with Crippen LogP contribution in [0.1, 0.15) is 28.3 Å². The SMILES string of the molecule is Cc1cc(-n2c(C)cc(/C=C3/C(=O)NC(=O)N(Cc4ccco4)C3=O)c2C)ccc1Br. The fourth-order valence-electron chi connectivity index (χ4n) is 3.65. The molecule has 158 valence electrons. The van der Waals surface area contributed by atoms with Crippen LogP contribution in [-0.4, -0.2) is 27.3 Å². The van der Waals surface area contributed by atoms with Crippen molar-refractivity contribution in [2.24, 2.45) is 0 Å². The standard InChI is InChI=1S/C23H20BrN3O4/c1-13-9-17(6-7-20(13)24)27-14(2)10-16(15(27)3)11-19-21(28)25-23(30)26(22(19)29)12-18-5-4-8-31-18/h4-11H,12H2,1-3H3,(H,25,28,30)/b19-11-. The van der Waals surface area contributed by atoms with Gasteiger partial charge in [0.05, 0.1) is 12.8 Å². The first kappa shape index (κ1) is 20.9. The van der Waals surface area contributed by atoms with Crippen molar-refractivity contribution in [3.05, 3.63) is 81.0 Å². The Morgan fingerprint density at radius 3 is 2.55 bits per heavy atom. The number of benzene rings is 1. The van der Waals surface area contributed by atoms with Crippen molar-refractivity contribution in [3.8, 4) is 5.69 Å².